The summed E-state index contributed by atoms with van der Waals surface area (Å²) in [5.41, 5.74) is 10.7. The lowest BCUT2D eigenvalue weighted by molar-refractivity contribution is 0.261. The summed E-state index contributed by atoms with van der Waals surface area (Å²) in [5.74, 6) is 0. The standard InChI is InChI=1S/C17H19ClN2/c18-17-8-7-16(19)10-15(17)12-20-9-3-6-13-4-1-2-5-14(13)11-20/h1-2,4-5,7-8,10H,3,6,9,11-12,19H2. The molecule has 3 heteroatoms. The zero-order valence-electron chi connectivity index (χ0n) is 11.5. The molecule has 0 unspecified atom stereocenters. The Morgan fingerprint density at radius 3 is 2.75 bits per heavy atom. The van der Waals surface area contributed by atoms with E-state index >= 15 is 0 Å². The molecule has 20 heavy (non-hydrogen) atoms. The number of nitrogens with zero attached hydrogens (tertiary/aromatic N) is 1. The number of hydrogen-bond donors (Lipinski definition) is 1. The van der Waals surface area contributed by atoms with Gasteiger partial charge >= 0.3 is 0 Å². The van der Waals surface area contributed by atoms with Crippen molar-refractivity contribution in [2.45, 2.75) is 25.9 Å². The van der Waals surface area contributed by atoms with Gasteiger partial charge in [-0.2, -0.15) is 0 Å². The Balaban J connectivity index is 1.80. The Labute approximate surface area is 125 Å². The summed E-state index contributed by atoms with van der Waals surface area (Å²) in [4.78, 5) is 2.45. The van der Waals surface area contributed by atoms with Crippen molar-refractivity contribution in [1.29, 1.82) is 0 Å². The van der Waals surface area contributed by atoms with Crippen LogP contribution in [0.2, 0.25) is 5.02 Å². The van der Waals surface area contributed by atoms with Crippen LogP contribution in [-0.4, -0.2) is 11.4 Å². The summed E-state index contributed by atoms with van der Waals surface area (Å²) in [7, 11) is 0. The topological polar surface area (TPSA) is 29.3 Å². The minimum Gasteiger partial charge on any atom is -0.399 e. The highest BCUT2D eigenvalue weighted by molar-refractivity contribution is 6.31. The van der Waals surface area contributed by atoms with Crippen molar-refractivity contribution in [3.8, 4) is 0 Å². The highest BCUT2D eigenvalue weighted by atomic mass is 35.5. The maximum Gasteiger partial charge on any atom is 0.0452 e. The monoisotopic (exact) mass is 286 g/mol. The van der Waals surface area contributed by atoms with Gasteiger partial charge in [0.15, 0.2) is 0 Å². The predicted octanol–water partition coefficient (Wildman–Crippen LogP) is 3.87. The van der Waals surface area contributed by atoms with Crippen molar-refractivity contribution in [2.75, 3.05) is 12.3 Å². The number of fused-ring (bicyclic) bond motifs is 1. The molecule has 0 amide bonds. The molecule has 1 aliphatic rings. The molecule has 2 nitrogen and oxygen atoms in total. The number of halogens is 1. The Morgan fingerprint density at radius 1 is 1.10 bits per heavy atom. The van der Waals surface area contributed by atoms with Gasteiger partial charge in [-0.05, 0) is 54.3 Å². The number of nitrogens with two attached hydrogens (primary N) is 1. The van der Waals surface area contributed by atoms with E-state index in [0.29, 0.717) is 0 Å². The van der Waals surface area contributed by atoms with Gasteiger partial charge in [0.1, 0.15) is 0 Å². The fraction of sp³-hybridized carbons (Fsp3) is 0.294. The number of hydrogen-bond acceptors (Lipinski definition) is 2. The average molecular weight is 287 g/mol. The fourth-order valence-electron chi connectivity index (χ4n) is 2.86. The largest absolute Gasteiger partial charge is 0.399 e. The van der Waals surface area contributed by atoms with Gasteiger partial charge in [-0.1, -0.05) is 35.9 Å². The second kappa shape index (κ2) is 5.86. The highest BCUT2D eigenvalue weighted by Gasteiger charge is 2.15. The molecule has 2 aromatic rings. The summed E-state index contributed by atoms with van der Waals surface area (Å²) >= 11 is 6.27. The third kappa shape index (κ3) is 2.97. The van der Waals surface area contributed by atoms with Crippen LogP contribution in [0.25, 0.3) is 0 Å². The van der Waals surface area contributed by atoms with Crippen molar-refractivity contribution in [3.63, 3.8) is 0 Å². The van der Waals surface area contributed by atoms with Crippen LogP contribution in [0.15, 0.2) is 42.5 Å². The molecule has 2 N–H and O–H groups in total. The van der Waals surface area contributed by atoms with E-state index in [0.717, 1.165) is 42.3 Å². The molecule has 3 rings (SSSR count). The Bertz CT molecular complexity index is 610. The first-order valence-electron chi connectivity index (χ1n) is 7.05. The molecule has 0 saturated carbocycles. The van der Waals surface area contributed by atoms with Crippen LogP contribution in [0.5, 0.6) is 0 Å². The minimum absolute atomic E-state index is 0.777. The van der Waals surface area contributed by atoms with E-state index in [1.165, 1.54) is 17.5 Å². The molecule has 2 aromatic carbocycles. The number of aryl methyl sites for hydroxylation is 1. The molecule has 1 aliphatic heterocycles. The maximum absolute atomic E-state index is 6.27. The van der Waals surface area contributed by atoms with E-state index in [9.17, 15) is 0 Å². The van der Waals surface area contributed by atoms with E-state index < -0.39 is 0 Å². The number of nitrogen functional groups attached to an aromatic ring is 1. The first-order valence-corrected chi connectivity index (χ1v) is 7.43. The van der Waals surface area contributed by atoms with Crippen LogP contribution in [0.4, 0.5) is 5.69 Å². The third-order valence-corrected chi connectivity index (χ3v) is 4.27. The van der Waals surface area contributed by atoms with E-state index in [2.05, 4.69) is 29.2 Å². The fourth-order valence-corrected chi connectivity index (χ4v) is 3.04. The summed E-state index contributed by atoms with van der Waals surface area (Å²) in [6.45, 7) is 2.94. The number of anilines is 1. The SMILES string of the molecule is Nc1ccc(Cl)c(CN2CCCc3ccccc3C2)c1. The van der Waals surface area contributed by atoms with Crippen LogP contribution in [0.1, 0.15) is 23.1 Å². The number of rotatable bonds is 2. The van der Waals surface area contributed by atoms with Crippen molar-refractivity contribution in [2.24, 2.45) is 0 Å². The lowest BCUT2D eigenvalue weighted by Crippen LogP contribution is -2.23. The predicted molar refractivity (Wildman–Crippen MR) is 84.7 cm³/mol. The molecule has 0 spiro atoms. The normalized spacial score (nSPS) is 15.7. The van der Waals surface area contributed by atoms with Crippen molar-refractivity contribution in [3.05, 3.63) is 64.2 Å². The van der Waals surface area contributed by atoms with E-state index in [1.807, 2.05) is 18.2 Å². The number of benzene rings is 2. The molecule has 0 bridgehead atoms. The first kappa shape index (κ1) is 13.5. The summed E-state index contributed by atoms with van der Waals surface area (Å²) < 4.78 is 0. The summed E-state index contributed by atoms with van der Waals surface area (Å²) in [5, 5.41) is 0.803. The summed E-state index contributed by atoms with van der Waals surface area (Å²) in [6, 6.07) is 14.4. The second-order valence-electron chi connectivity index (χ2n) is 5.43. The van der Waals surface area contributed by atoms with Gasteiger partial charge in [-0.3, -0.25) is 4.90 Å². The van der Waals surface area contributed by atoms with Crippen molar-refractivity contribution < 1.29 is 0 Å². The van der Waals surface area contributed by atoms with Crippen LogP contribution in [0.3, 0.4) is 0 Å². The highest BCUT2D eigenvalue weighted by Crippen LogP contribution is 2.24. The smallest absolute Gasteiger partial charge is 0.0452 e. The van der Waals surface area contributed by atoms with Crippen LogP contribution in [-0.2, 0) is 19.5 Å². The first-order chi connectivity index (χ1) is 9.72. The molecule has 0 atom stereocenters. The second-order valence-corrected chi connectivity index (χ2v) is 5.84. The molecule has 1 heterocycles. The Morgan fingerprint density at radius 2 is 1.90 bits per heavy atom. The van der Waals surface area contributed by atoms with Crippen molar-refractivity contribution >= 4 is 17.3 Å². The molecular weight excluding hydrogens is 268 g/mol. The third-order valence-electron chi connectivity index (χ3n) is 3.90. The van der Waals surface area contributed by atoms with E-state index in [1.54, 1.807) is 0 Å². The maximum atomic E-state index is 6.27. The molecule has 0 fully saturated rings. The quantitative estimate of drug-likeness (QED) is 0.849. The Kier molecular flexibility index (Phi) is 3.95. The zero-order chi connectivity index (χ0) is 13.9. The van der Waals surface area contributed by atoms with Crippen LogP contribution in [0, 0.1) is 0 Å². The minimum atomic E-state index is 0.777. The van der Waals surface area contributed by atoms with E-state index in [4.69, 9.17) is 17.3 Å². The van der Waals surface area contributed by atoms with Crippen molar-refractivity contribution in [1.82, 2.24) is 4.90 Å². The molecular formula is C17H19ClN2. The molecule has 0 radical (unpaired) electrons. The van der Waals surface area contributed by atoms with Gasteiger partial charge in [-0.15, -0.1) is 0 Å². The summed E-state index contributed by atoms with van der Waals surface area (Å²) in [6.07, 6.45) is 2.36. The lowest BCUT2D eigenvalue weighted by atomic mass is 10.0. The van der Waals surface area contributed by atoms with Gasteiger partial charge in [0.2, 0.25) is 0 Å². The Hall–Kier alpha value is -1.51. The van der Waals surface area contributed by atoms with Crippen LogP contribution >= 0.6 is 11.6 Å². The zero-order valence-corrected chi connectivity index (χ0v) is 12.2. The van der Waals surface area contributed by atoms with E-state index in [-0.39, 0.29) is 0 Å². The van der Waals surface area contributed by atoms with Gasteiger partial charge in [0, 0.05) is 23.8 Å². The van der Waals surface area contributed by atoms with Gasteiger partial charge < -0.3 is 5.73 Å². The lowest BCUT2D eigenvalue weighted by Gasteiger charge is -2.21. The molecule has 0 aliphatic carbocycles. The van der Waals surface area contributed by atoms with Crippen LogP contribution < -0.4 is 5.73 Å². The van der Waals surface area contributed by atoms with Gasteiger partial charge in [-0.25, -0.2) is 0 Å². The molecule has 0 aromatic heterocycles. The van der Waals surface area contributed by atoms with Gasteiger partial charge in [0.05, 0.1) is 0 Å². The van der Waals surface area contributed by atoms with Gasteiger partial charge in [0.25, 0.3) is 0 Å². The molecule has 0 saturated heterocycles. The average Bonchev–Trinajstić information content (AvgIpc) is 2.64. The molecule has 104 valence electrons.